The van der Waals surface area contributed by atoms with Gasteiger partial charge in [-0.3, -0.25) is 9.69 Å². The molecule has 84 valence electrons. The molecular weight excluding hydrogens is 190 g/mol. The first-order valence-corrected chi connectivity index (χ1v) is 6.21. The minimum atomic E-state index is -0.585. The number of carboxylic acid groups (broad SMARTS) is 1. The number of hydrogen-bond acceptors (Lipinski definition) is 2. The fraction of sp³-hybridized carbons (Fsp3) is 0.917. The average molecular weight is 209 g/mol. The van der Waals surface area contributed by atoms with Gasteiger partial charge in [0.15, 0.2) is 0 Å². The summed E-state index contributed by atoms with van der Waals surface area (Å²) < 4.78 is 0. The third-order valence-electron chi connectivity index (χ3n) is 4.57. The highest BCUT2D eigenvalue weighted by molar-refractivity contribution is 5.70. The van der Waals surface area contributed by atoms with Gasteiger partial charge >= 0.3 is 5.97 Å². The van der Waals surface area contributed by atoms with Gasteiger partial charge in [-0.2, -0.15) is 0 Å². The molecule has 3 nitrogen and oxygen atoms in total. The SMILES string of the molecule is O=C(O)C1CCC(N2CC3CC3C2)CC1. The summed E-state index contributed by atoms with van der Waals surface area (Å²) in [6, 6.07) is 0.702. The van der Waals surface area contributed by atoms with Crippen molar-refractivity contribution in [2.75, 3.05) is 13.1 Å². The Bertz CT molecular complexity index is 261. The molecule has 0 amide bonds. The first-order valence-electron chi connectivity index (χ1n) is 6.21. The van der Waals surface area contributed by atoms with E-state index >= 15 is 0 Å². The van der Waals surface area contributed by atoms with E-state index in [0.29, 0.717) is 6.04 Å². The van der Waals surface area contributed by atoms with Crippen molar-refractivity contribution in [2.24, 2.45) is 17.8 Å². The van der Waals surface area contributed by atoms with Gasteiger partial charge in [-0.05, 0) is 43.9 Å². The molecule has 0 radical (unpaired) electrons. The van der Waals surface area contributed by atoms with Gasteiger partial charge in [0.2, 0.25) is 0 Å². The van der Waals surface area contributed by atoms with E-state index in [2.05, 4.69) is 4.90 Å². The van der Waals surface area contributed by atoms with Crippen LogP contribution in [0.15, 0.2) is 0 Å². The molecule has 3 aliphatic rings. The van der Waals surface area contributed by atoms with Crippen LogP contribution in [0.3, 0.4) is 0 Å². The quantitative estimate of drug-likeness (QED) is 0.750. The smallest absolute Gasteiger partial charge is 0.306 e. The van der Waals surface area contributed by atoms with Gasteiger partial charge in [-0.1, -0.05) is 0 Å². The first-order chi connectivity index (χ1) is 7.24. The maximum Gasteiger partial charge on any atom is 0.306 e. The predicted octanol–water partition coefficient (Wildman–Crippen LogP) is 1.58. The number of aliphatic carboxylic acids is 1. The van der Waals surface area contributed by atoms with Crippen molar-refractivity contribution in [2.45, 2.75) is 38.1 Å². The zero-order valence-electron chi connectivity index (χ0n) is 9.06. The van der Waals surface area contributed by atoms with Crippen molar-refractivity contribution in [3.05, 3.63) is 0 Å². The van der Waals surface area contributed by atoms with E-state index in [4.69, 9.17) is 5.11 Å². The monoisotopic (exact) mass is 209 g/mol. The Morgan fingerprint density at radius 3 is 2.20 bits per heavy atom. The minimum absolute atomic E-state index is 0.0570. The fourth-order valence-corrected chi connectivity index (χ4v) is 3.42. The number of fused-ring (bicyclic) bond motifs is 1. The first kappa shape index (κ1) is 9.64. The van der Waals surface area contributed by atoms with Crippen molar-refractivity contribution in [1.82, 2.24) is 4.90 Å². The van der Waals surface area contributed by atoms with Crippen molar-refractivity contribution in [1.29, 1.82) is 0 Å². The fourth-order valence-electron chi connectivity index (χ4n) is 3.42. The number of nitrogens with zero attached hydrogens (tertiary/aromatic N) is 1. The third-order valence-corrected chi connectivity index (χ3v) is 4.57. The van der Waals surface area contributed by atoms with E-state index in [1.54, 1.807) is 0 Å². The Hall–Kier alpha value is -0.570. The Morgan fingerprint density at radius 2 is 1.67 bits per heavy atom. The largest absolute Gasteiger partial charge is 0.481 e. The maximum atomic E-state index is 10.8. The number of piperidine rings is 1. The van der Waals surface area contributed by atoms with Gasteiger partial charge < -0.3 is 5.11 Å². The molecule has 3 fully saturated rings. The summed E-state index contributed by atoms with van der Waals surface area (Å²) in [6.07, 6.45) is 5.46. The van der Waals surface area contributed by atoms with Gasteiger partial charge in [-0.15, -0.1) is 0 Å². The molecule has 0 aromatic rings. The minimum Gasteiger partial charge on any atom is -0.481 e. The average Bonchev–Trinajstić information content (AvgIpc) is 2.86. The van der Waals surface area contributed by atoms with Crippen LogP contribution in [0.25, 0.3) is 0 Å². The van der Waals surface area contributed by atoms with Gasteiger partial charge in [0, 0.05) is 19.1 Å². The maximum absolute atomic E-state index is 10.8. The molecule has 0 spiro atoms. The Kier molecular flexibility index (Phi) is 2.23. The van der Waals surface area contributed by atoms with E-state index in [0.717, 1.165) is 37.5 Å². The van der Waals surface area contributed by atoms with Crippen LogP contribution >= 0.6 is 0 Å². The van der Waals surface area contributed by atoms with Crippen LogP contribution in [0, 0.1) is 17.8 Å². The molecule has 15 heavy (non-hydrogen) atoms. The van der Waals surface area contributed by atoms with E-state index in [1.165, 1.54) is 19.5 Å². The number of rotatable bonds is 2. The topological polar surface area (TPSA) is 40.5 Å². The standard InChI is InChI=1S/C12H19NO2/c14-12(15)8-1-3-11(4-2-8)13-6-9-5-10(9)7-13/h8-11H,1-7H2,(H,14,15). The Balaban J connectivity index is 1.51. The highest BCUT2D eigenvalue weighted by atomic mass is 16.4. The van der Waals surface area contributed by atoms with Crippen molar-refractivity contribution in [3.63, 3.8) is 0 Å². The van der Waals surface area contributed by atoms with E-state index in [1.807, 2.05) is 0 Å². The second-order valence-corrected chi connectivity index (χ2v) is 5.55. The van der Waals surface area contributed by atoms with Gasteiger partial charge in [0.1, 0.15) is 0 Å². The molecule has 1 saturated heterocycles. The predicted molar refractivity (Wildman–Crippen MR) is 56.6 cm³/mol. The number of carbonyl (C=O) groups is 1. The molecular formula is C12H19NO2. The zero-order chi connectivity index (χ0) is 10.4. The zero-order valence-corrected chi connectivity index (χ0v) is 9.06. The van der Waals surface area contributed by atoms with Crippen molar-refractivity contribution in [3.8, 4) is 0 Å². The number of carboxylic acids is 1. The molecule has 2 saturated carbocycles. The summed E-state index contributed by atoms with van der Waals surface area (Å²) in [4.78, 5) is 13.4. The molecule has 0 aromatic heterocycles. The van der Waals surface area contributed by atoms with Gasteiger partial charge in [0.05, 0.1) is 5.92 Å². The normalized spacial score (nSPS) is 45.1. The van der Waals surface area contributed by atoms with Crippen LogP contribution in [0.4, 0.5) is 0 Å². The summed E-state index contributed by atoms with van der Waals surface area (Å²) in [5.74, 6) is 1.36. The summed E-state index contributed by atoms with van der Waals surface area (Å²) in [5.41, 5.74) is 0. The van der Waals surface area contributed by atoms with Crippen LogP contribution in [-0.4, -0.2) is 35.1 Å². The molecule has 3 rings (SSSR count). The van der Waals surface area contributed by atoms with E-state index < -0.39 is 5.97 Å². The molecule has 3 heteroatoms. The summed E-state index contributed by atoms with van der Waals surface area (Å²) >= 11 is 0. The summed E-state index contributed by atoms with van der Waals surface area (Å²) in [6.45, 7) is 2.60. The van der Waals surface area contributed by atoms with Crippen molar-refractivity contribution >= 4 is 5.97 Å². The van der Waals surface area contributed by atoms with E-state index in [9.17, 15) is 4.79 Å². The highest BCUT2D eigenvalue weighted by Gasteiger charge is 2.47. The van der Waals surface area contributed by atoms with Crippen molar-refractivity contribution < 1.29 is 9.90 Å². The molecule has 0 aromatic carbocycles. The molecule has 0 bridgehead atoms. The lowest BCUT2D eigenvalue weighted by molar-refractivity contribution is -0.143. The van der Waals surface area contributed by atoms with Gasteiger partial charge in [0.25, 0.3) is 0 Å². The Labute approximate surface area is 90.5 Å². The van der Waals surface area contributed by atoms with Gasteiger partial charge in [-0.25, -0.2) is 0 Å². The second-order valence-electron chi connectivity index (χ2n) is 5.55. The molecule has 2 unspecified atom stereocenters. The summed E-state index contributed by atoms with van der Waals surface area (Å²) in [5, 5.41) is 8.93. The number of hydrogen-bond donors (Lipinski definition) is 1. The third kappa shape index (κ3) is 1.78. The molecule has 2 aliphatic carbocycles. The summed E-state index contributed by atoms with van der Waals surface area (Å²) in [7, 11) is 0. The molecule has 1 N–H and O–H groups in total. The molecule has 1 heterocycles. The lowest BCUT2D eigenvalue weighted by atomic mass is 9.85. The second kappa shape index (κ2) is 3.48. The van der Waals surface area contributed by atoms with Crippen LogP contribution in [-0.2, 0) is 4.79 Å². The lowest BCUT2D eigenvalue weighted by Crippen LogP contribution is -2.38. The van der Waals surface area contributed by atoms with E-state index in [-0.39, 0.29) is 5.92 Å². The van der Waals surface area contributed by atoms with Crippen LogP contribution in [0.5, 0.6) is 0 Å². The lowest BCUT2D eigenvalue weighted by Gasteiger charge is -2.34. The van der Waals surface area contributed by atoms with Crippen LogP contribution in [0.1, 0.15) is 32.1 Å². The van der Waals surface area contributed by atoms with Crippen LogP contribution in [0.2, 0.25) is 0 Å². The van der Waals surface area contributed by atoms with Crippen LogP contribution < -0.4 is 0 Å². The Morgan fingerprint density at radius 1 is 1.07 bits per heavy atom. The molecule has 2 atom stereocenters. The number of likely N-dealkylation sites (tertiary alicyclic amines) is 1. The molecule has 1 aliphatic heterocycles. The highest BCUT2D eigenvalue weighted by Crippen LogP contribution is 2.46.